The van der Waals surface area contributed by atoms with E-state index < -0.39 is 17.4 Å². The van der Waals surface area contributed by atoms with Crippen molar-refractivity contribution in [3.63, 3.8) is 0 Å². The minimum atomic E-state index is -1.65. The van der Waals surface area contributed by atoms with Crippen molar-refractivity contribution in [1.82, 2.24) is 0 Å². The lowest BCUT2D eigenvalue weighted by atomic mass is 9.74. The minimum Gasteiger partial charge on any atom is -0.497 e. The predicted molar refractivity (Wildman–Crippen MR) is 134 cm³/mol. The number of amides is 1. The summed E-state index contributed by atoms with van der Waals surface area (Å²) in [5.74, 6) is -0.124. The first-order valence-electron chi connectivity index (χ1n) is 11.7. The molecule has 0 saturated carbocycles. The van der Waals surface area contributed by atoms with Crippen LogP contribution in [0.25, 0.3) is 0 Å². The van der Waals surface area contributed by atoms with E-state index in [4.69, 9.17) is 19.0 Å². The van der Waals surface area contributed by atoms with Gasteiger partial charge in [0.1, 0.15) is 28.9 Å². The minimum absolute atomic E-state index is 0.303. The van der Waals surface area contributed by atoms with E-state index in [1.807, 2.05) is 13.0 Å². The van der Waals surface area contributed by atoms with E-state index in [0.29, 0.717) is 51.9 Å². The number of nitrogens with zero attached hydrogens (tertiary/aromatic N) is 1. The lowest BCUT2D eigenvalue weighted by Crippen LogP contribution is -2.46. The molecule has 0 fully saturated rings. The number of carbonyl (C=O) groups is 2. The fourth-order valence-corrected chi connectivity index (χ4v) is 4.68. The Labute approximate surface area is 208 Å². The second-order valence-electron chi connectivity index (χ2n) is 8.54. The molecule has 2 heterocycles. The number of benzene rings is 3. The molecule has 8 heteroatoms. The molecule has 5 rings (SSSR count). The van der Waals surface area contributed by atoms with E-state index in [0.717, 1.165) is 6.42 Å². The Bertz CT molecular complexity index is 1350. The van der Waals surface area contributed by atoms with E-state index >= 15 is 0 Å². The number of fused-ring (bicyclic) bond motifs is 2. The average Bonchev–Trinajstić information content (AvgIpc) is 3.45. The predicted octanol–water partition coefficient (Wildman–Crippen LogP) is 4.57. The third-order valence-electron chi connectivity index (χ3n) is 6.44. The monoisotopic (exact) mass is 486 g/mol. The molecule has 0 bridgehead atoms. The Balaban J connectivity index is 1.63. The summed E-state index contributed by atoms with van der Waals surface area (Å²) in [6.07, 6.45) is 0.876. The molecule has 3 aromatic carbocycles. The molecule has 0 radical (unpaired) electrons. The van der Waals surface area contributed by atoms with Crippen LogP contribution in [0.4, 0.5) is 5.69 Å². The number of hydrogen-bond acceptors (Lipinski definition) is 7. The standard InChI is InChI=1S/C28H26N2O6/c1-4-15-35-18-11-9-17(10-12-18)26(31)24-25(20-14-13-19(33-2)16-23(20)34-3)30-36-28(24)21-7-5-6-8-22(21)29-27(28)32/h5-14,16,24H,4,15H2,1-3H3,(H,29,32)/t24-,28-/m0/s1. The number of Topliss-reactive ketones (excluding diaryl/α,β-unsaturated/α-hetero) is 1. The highest BCUT2D eigenvalue weighted by molar-refractivity contribution is 6.25. The molecule has 3 aromatic rings. The topological polar surface area (TPSA) is 95.5 Å². The first kappa shape index (κ1) is 23.4. The zero-order valence-electron chi connectivity index (χ0n) is 20.2. The van der Waals surface area contributed by atoms with Crippen LogP contribution in [0.3, 0.4) is 0 Å². The van der Waals surface area contributed by atoms with Gasteiger partial charge in [-0.2, -0.15) is 0 Å². The van der Waals surface area contributed by atoms with Gasteiger partial charge in [0, 0.05) is 28.4 Å². The number of nitrogens with one attached hydrogen (secondary N) is 1. The Hall–Kier alpha value is -4.33. The molecule has 0 saturated heterocycles. The van der Waals surface area contributed by atoms with Crippen molar-refractivity contribution in [2.45, 2.75) is 18.9 Å². The molecule has 36 heavy (non-hydrogen) atoms. The van der Waals surface area contributed by atoms with Gasteiger partial charge in [0.05, 0.1) is 20.8 Å². The van der Waals surface area contributed by atoms with Crippen molar-refractivity contribution >= 4 is 23.1 Å². The molecule has 184 valence electrons. The molecule has 0 aliphatic carbocycles. The summed E-state index contributed by atoms with van der Waals surface area (Å²) < 4.78 is 16.6. The number of para-hydroxylation sites is 1. The summed E-state index contributed by atoms with van der Waals surface area (Å²) >= 11 is 0. The van der Waals surface area contributed by atoms with E-state index in [1.165, 1.54) is 7.11 Å². The number of methoxy groups -OCH3 is 2. The largest absolute Gasteiger partial charge is 0.497 e. The maximum absolute atomic E-state index is 14.1. The van der Waals surface area contributed by atoms with Crippen molar-refractivity contribution in [1.29, 1.82) is 0 Å². The van der Waals surface area contributed by atoms with Crippen molar-refractivity contribution < 1.29 is 28.6 Å². The zero-order chi connectivity index (χ0) is 25.3. The summed E-state index contributed by atoms with van der Waals surface area (Å²) in [6, 6.07) is 19.3. The Kier molecular flexibility index (Phi) is 6.10. The second kappa shape index (κ2) is 9.37. The molecular weight excluding hydrogens is 460 g/mol. The number of hydrogen-bond donors (Lipinski definition) is 1. The molecule has 2 atom stereocenters. The molecule has 0 unspecified atom stereocenters. The van der Waals surface area contributed by atoms with E-state index in [1.54, 1.807) is 67.8 Å². The molecule has 1 amide bonds. The molecule has 8 nitrogen and oxygen atoms in total. The fraction of sp³-hybridized carbons (Fsp3) is 0.250. The maximum atomic E-state index is 14.1. The van der Waals surface area contributed by atoms with Gasteiger partial charge in [-0.05, 0) is 48.9 Å². The second-order valence-corrected chi connectivity index (χ2v) is 8.54. The summed E-state index contributed by atoms with van der Waals surface area (Å²) in [5.41, 5.74) is 0.743. The highest BCUT2D eigenvalue weighted by Crippen LogP contribution is 2.50. The van der Waals surface area contributed by atoms with Crippen LogP contribution in [0.15, 0.2) is 71.9 Å². The van der Waals surface area contributed by atoms with Gasteiger partial charge in [-0.1, -0.05) is 30.3 Å². The number of rotatable bonds is 8. The quantitative estimate of drug-likeness (QED) is 0.469. The smallest absolute Gasteiger partial charge is 0.277 e. The molecule has 1 N–H and O–H groups in total. The molecular formula is C28H26N2O6. The SMILES string of the molecule is CCCOc1ccc(C(=O)[C@@H]2C(c3ccc(OC)cc3OC)=NO[C@]23C(=O)Nc2ccccc23)cc1. The van der Waals surface area contributed by atoms with Gasteiger partial charge < -0.3 is 24.4 Å². The number of anilines is 1. The number of carbonyl (C=O) groups excluding carboxylic acids is 2. The highest BCUT2D eigenvalue weighted by Gasteiger charge is 2.63. The summed E-state index contributed by atoms with van der Waals surface area (Å²) in [5, 5.41) is 7.19. The van der Waals surface area contributed by atoms with E-state index in [9.17, 15) is 9.59 Å². The average molecular weight is 487 g/mol. The summed E-state index contributed by atoms with van der Waals surface area (Å²) in [6.45, 7) is 2.61. The van der Waals surface area contributed by atoms with Crippen LogP contribution in [0.5, 0.6) is 17.2 Å². The van der Waals surface area contributed by atoms with Crippen LogP contribution < -0.4 is 19.5 Å². The maximum Gasteiger partial charge on any atom is 0.277 e. The van der Waals surface area contributed by atoms with E-state index in [2.05, 4.69) is 10.5 Å². The first-order valence-corrected chi connectivity index (χ1v) is 11.7. The van der Waals surface area contributed by atoms with Gasteiger partial charge in [-0.3, -0.25) is 9.59 Å². The zero-order valence-corrected chi connectivity index (χ0v) is 20.2. The van der Waals surface area contributed by atoms with Gasteiger partial charge in [0.25, 0.3) is 11.5 Å². The van der Waals surface area contributed by atoms with Crippen LogP contribution in [-0.4, -0.2) is 38.2 Å². The van der Waals surface area contributed by atoms with Gasteiger partial charge in [0.2, 0.25) is 0 Å². The van der Waals surface area contributed by atoms with Crippen molar-refractivity contribution in [3.05, 3.63) is 83.4 Å². The Morgan fingerprint density at radius 2 is 1.78 bits per heavy atom. The number of ketones is 1. The number of oxime groups is 1. The lowest BCUT2D eigenvalue weighted by molar-refractivity contribution is -0.140. The van der Waals surface area contributed by atoms with Gasteiger partial charge in [-0.25, -0.2) is 0 Å². The molecule has 2 aliphatic heterocycles. The Morgan fingerprint density at radius 1 is 1.03 bits per heavy atom. The molecule has 2 aliphatic rings. The van der Waals surface area contributed by atoms with E-state index in [-0.39, 0.29) is 5.78 Å². The van der Waals surface area contributed by atoms with Crippen LogP contribution >= 0.6 is 0 Å². The summed E-state index contributed by atoms with van der Waals surface area (Å²) in [7, 11) is 3.08. The third-order valence-corrected chi connectivity index (χ3v) is 6.44. The third kappa shape index (κ3) is 3.66. The molecule has 1 spiro atoms. The van der Waals surface area contributed by atoms with Crippen LogP contribution in [0.2, 0.25) is 0 Å². The van der Waals surface area contributed by atoms with Crippen LogP contribution in [-0.2, 0) is 15.2 Å². The van der Waals surface area contributed by atoms with Crippen LogP contribution in [0.1, 0.15) is 34.8 Å². The fourth-order valence-electron chi connectivity index (χ4n) is 4.68. The first-order chi connectivity index (χ1) is 17.5. The Morgan fingerprint density at radius 3 is 2.50 bits per heavy atom. The van der Waals surface area contributed by atoms with Crippen LogP contribution in [0, 0.1) is 5.92 Å². The van der Waals surface area contributed by atoms with Crippen molar-refractivity contribution in [3.8, 4) is 17.2 Å². The summed E-state index contributed by atoms with van der Waals surface area (Å²) in [4.78, 5) is 33.6. The van der Waals surface area contributed by atoms with Gasteiger partial charge >= 0.3 is 0 Å². The highest BCUT2D eigenvalue weighted by atomic mass is 16.7. The lowest BCUT2D eigenvalue weighted by Gasteiger charge is -2.27. The van der Waals surface area contributed by atoms with Gasteiger partial charge in [0.15, 0.2) is 5.78 Å². The van der Waals surface area contributed by atoms with Crippen molar-refractivity contribution in [2.24, 2.45) is 11.1 Å². The van der Waals surface area contributed by atoms with Gasteiger partial charge in [-0.15, -0.1) is 0 Å². The normalized spacial score (nSPS) is 19.8. The number of ether oxygens (including phenoxy) is 3. The van der Waals surface area contributed by atoms with Crippen molar-refractivity contribution in [2.75, 3.05) is 26.1 Å². The molecule has 0 aromatic heterocycles.